The van der Waals surface area contributed by atoms with Gasteiger partial charge in [0.05, 0.1) is 13.2 Å². The molecule has 0 radical (unpaired) electrons. The summed E-state index contributed by atoms with van der Waals surface area (Å²) in [6.07, 6.45) is 0. The summed E-state index contributed by atoms with van der Waals surface area (Å²) in [5, 5.41) is 3.38. The van der Waals surface area contributed by atoms with Gasteiger partial charge in [0.2, 0.25) is 0 Å². The summed E-state index contributed by atoms with van der Waals surface area (Å²) in [7, 11) is 0. The second kappa shape index (κ2) is 7.91. The quantitative estimate of drug-likeness (QED) is 0.830. The molecular weight excluding hydrogens is 265 g/mol. The molecule has 1 N–H and O–H groups in total. The first-order valence-corrected chi connectivity index (χ1v) is 7.27. The van der Waals surface area contributed by atoms with E-state index >= 15 is 0 Å². The highest BCUT2D eigenvalue weighted by Gasteiger charge is 2.01. The van der Waals surface area contributed by atoms with Gasteiger partial charge in [-0.1, -0.05) is 56.3 Å². The van der Waals surface area contributed by atoms with Crippen molar-refractivity contribution in [2.24, 2.45) is 0 Å². The molecule has 0 aliphatic heterocycles. The predicted octanol–water partition coefficient (Wildman–Crippen LogP) is 4.04. The number of halogens is 1. The summed E-state index contributed by atoms with van der Waals surface area (Å²) < 4.78 is 19.0. The maximum atomic E-state index is 13.4. The van der Waals surface area contributed by atoms with E-state index in [4.69, 9.17) is 4.74 Å². The molecule has 2 rings (SSSR count). The highest BCUT2D eigenvalue weighted by molar-refractivity contribution is 5.22. The molecule has 0 unspecified atom stereocenters. The zero-order valence-corrected chi connectivity index (χ0v) is 12.6. The smallest absolute Gasteiger partial charge is 0.128 e. The van der Waals surface area contributed by atoms with Crippen molar-refractivity contribution in [2.45, 2.75) is 39.6 Å². The molecule has 3 heteroatoms. The Morgan fingerprint density at radius 3 is 2.29 bits per heavy atom. The summed E-state index contributed by atoms with van der Waals surface area (Å²) in [5.74, 6) is -0.215. The van der Waals surface area contributed by atoms with E-state index in [0.717, 1.165) is 12.1 Å². The van der Waals surface area contributed by atoms with Crippen LogP contribution in [0.2, 0.25) is 0 Å². The van der Waals surface area contributed by atoms with Gasteiger partial charge in [0.25, 0.3) is 0 Å². The van der Waals surface area contributed by atoms with E-state index in [0.29, 0.717) is 24.8 Å². The molecule has 0 atom stereocenters. The van der Waals surface area contributed by atoms with E-state index in [2.05, 4.69) is 43.4 Å². The Balaban J connectivity index is 1.80. The van der Waals surface area contributed by atoms with E-state index in [1.807, 2.05) is 6.07 Å². The fraction of sp³-hybridized carbons (Fsp3) is 0.333. The van der Waals surface area contributed by atoms with Gasteiger partial charge in [-0.25, -0.2) is 4.39 Å². The Hall–Kier alpha value is -1.71. The third-order valence-corrected chi connectivity index (χ3v) is 3.22. The average Bonchev–Trinajstić information content (AvgIpc) is 2.48. The van der Waals surface area contributed by atoms with Crippen molar-refractivity contribution in [3.63, 3.8) is 0 Å². The molecule has 2 aromatic carbocycles. The van der Waals surface area contributed by atoms with Crippen LogP contribution in [0.3, 0.4) is 0 Å². The van der Waals surface area contributed by atoms with E-state index in [1.165, 1.54) is 11.6 Å². The molecule has 21 heavy (non-hydrogen) atoms. The Labute approximate surface area is 126 Å². The SMILES string of the molecule is CC(C)NCc1ccc(COCc2ccccc2F)cc1. The van der Waals surface area contributed by atoms with Crippen LogP contribution in [-0.2, 0) is 24.5 Å². The zero-order valence-electron chi connectivity index (χ0n) is 12.6. The number of hydrogen-bond acceptors (Lipinski definition) is 2. The van der Waals surface area contributed by atoms with Crippen molar-refractivity contribution in [3.8, 4) is 0 Å². The molecule has 0 aromatic heterocycles. The first-order chi connectivity index (χ1) is 10.1. The first-order valence-electron chi connectivity index (χ1n) is 7.27. The number of rotatable bonds is 7. The van der Waals surface area contributed by atoms with Gasteiger partial charge in [-0.05, 0) is 17.2 Å². The van der Waals surface area contributed by atoms with E-state index in [9.17, 15) is 4.39 Å². The van der Waals surface area contributed by atoms with Gasteiger partial charge in [0, 0.05) is 18.2 Å². The first kappa shape index (κ1) is 15.7. The van der Waals surface area contributed by atoms with Gasteiger partial charge in [-0.15, -0.1) is 0 Å². The molecule has 0 spiro atoms. The van der Waals surface area contributed by atoms with Crippen molar-refractivity contribution in [1.29, 1.82) is 0 Å². The van der Waals surface area contributed by atoms with Crippen LogP contribution in [0.15, 0.2) is 48.5 Å². The maximum Gasteiger partial charge on any atom is 0.128 e. The molecule has 2 aromatic rings. The second-order valence-corrected chi connectivity index (χ2v) is 5.44. The molecular formula is C18H22FNO. The Morgan fingerprint density at radius 1 is 0.952 bits per heavy atom. The highest BCUT2D eigenvalue weighted by atomic mass is 19.1. The number of nitrogens with one attached hydrogen (secondary N) is 1. The van der Waals surface area contributed by atoms with Crippen LogP contribution < -0.4 is 5.32 Å². The zero-order chi connectivity index (χ0) is 15.1. The standard InChI is InChI=1S/C18H22FNO/c1-14(2)20-11-15-7-9-16(10-8-15)12-21-13-17-5-3-4-6-18(17)19/h3-10,14,20H,11-13H2,1-2H3. The third kappa shape index (κ3) is 5.29. The fourth-order valence-electron chi connectivity index (χ4n) is 1.97. The minimum absolute atomic E-state index is 0.215. The lowest BCUT2D eigenvalue weighted by atomic mass is 10.1. The molecule has 0 fully saturated rings. The number of ether oxygens (including phenoxy) is 1. The maximum absolute atomic E-state index is 13.4. The van der Waals surface area contributed by atoms with Crippen molar-refractivity contribution in [3.05, 3.63) is 71.0 Å². The monoisotopic (exact) mass is 287 g/mol. The summed E-state index contributed by atoms with van der Waals surface area (Å²) >= 11 is 0. The van der Waals surface area contributed by atoms with Gasteiger partial charge in [0.15, 0.2) is 0 Å². The predicted molar refractivity (Wildman–Crippen MR) is 83.3 cm³/mol. The van der Waals surface area contributed by atoms with Crippen LogP contribution in [-0.4, -0.2) is 6.04 Å². The van der Waals surface area contributed by atoms with Gasteiger partial charge >= 0.3 is 0 Å². The van der Waals surface area contributed by atoms with Crippen molar-refractivity contribution in [1.82, 2.24) is 5.32 Å². The Kier molecular flexibility index (Phi) is 5.90. The van der Waals surface area contributed by atoms with Crippen LogP contribution in [0.5, 0.6) is 0 Å². The topological polar surface area (TPSA) is 21.3 Å². The van der Waals surface area contributed by atoms with E-state index in [1.54, 1.807) is 12.1 Å². The molecule has 0 saturated heterocycles. The highest BCUT2D eigenvalue weighted by Crippen LogP contribution is 2.10. The minimum Gasteiger partial charge on any atom is -0.372 e. The van der Waals surface area contributed by atoms with Crippen LogP contribution in [0.1, 0.15) is 30.5 Å². The second-order valence-electron chi connectivity index (χ2n) is 5.44. The van der Waals surface area contributed by atoms with Crippen LogP contribution in [0, 0.1) is 5.82 Å². The number of hydrogen-bond donors (Lipinski definition) is 1. The Morgan fingerprint density at radius 2 is 1.62 bits per heavy atom. The van der Waals surface area contributed by atoms with Crippen molar-refractivity contribution >= 4 is 0 Å². The molecule has 0 aliphatic rings. The molecule has 112 valence electrons. The summed E-state index contributed by atoms with van der Waals surface area (Å²) in [6.45, 7) is 5.92. The van der Waals surface area contributed by atoms with E-state index in [-0.39, 0.29) is 5.82 Å². The summed E-state index contributed by atoms with van der Waals surface area (Å²) in [5.41, 5.74) is 2.94. The third-order valence-electron chi connectivity index (χ3n) is 3.22. The molecule has 2 nitrogen and oxygen atoms in total. The van der Waals surface area contributed by atoms with Crippen LogP contribution in [0.25, 0.3) is 0 Å². The molecule has 0 aliphatic carbocycles. The number of benzene rings is 2. The average molecular weight is 287 g/mol. The Bertz CT molecular complexity index is 551. The molecule has 0 amide bonds. The lowest BCUT2D eigenvalue weighted by Crippen LogP contribution is -2.21. The molecule has 0 saturated carbocycles. The fourth-order valence-corrected chi connectivity index (χ4v) is 1.97. The van der Waals surface area contributed by atoms with E-state index < -0.39 is 0 Å². The van der Waals surface area contributed by atoms with Crippen molar-refractivity contribution in [2.75, 3.05) is 0 Å². The largest absolute Gasteiger partial charge is 0.372 e. The van der Waals surface area contributed by atoms with Crippen molar-refractivity contribution < 1.29 is 9.13 Å². The minimum atomic E-state index is -0.215. The van der Waals surface area contributed by atoms with Crippen LogP contribution >= 0.6 is 0 Å². The normalized spacial score (nSPS) is 11.0. The van der Waals surface area contributed by atoms with Gasteiger partial charge < -0.3 is 10.1 Å². The lowest BCUT2D eigenvalue weighted by Gasteiger charge is -2.09. The van der Waals surface area contributed by atoms with Crippen LogP contribution in [0.4, 0.5) is 4.39 Å². The van der Waals surface area contributed by atoms with Gasteiger partial charge in [-0.3, -0.25) is 0 Å². The summed E-state index contributed by atoms with van der Waals surface area (Å²) in [4.78, 5) is 0. The van der Waals surface area contributed by atoms with Gasteiger partial charge in [-0.2, -0.15) is 0 Å². The summed E-state index contributed by atoms with van der Waals surface area (Å²) in [6, 6.07) is 15.5. The van der Waals surface area contributed by atoms with Gasteiger partial charge in [0.1, 0.15) is 5.82 Å². The lowest BCUT2D eigenvalue weighted by molar-refractivity contribution is 0.105. The molecule has 0 bridgehead atoms. The molecule has 0 heterocycles.